The minimum Gasteiger partial charge on any atom is -0.393 e. The third-order valence-corrected chi connectivity index (χ3v) is 3.39. The van der Waals surface area contributed by atoms with Crippen molar-refractivity contribution in [2.45, 2.75) is 31.8 Å². The molecule has 1 aromatic rings. The monoisotopic (exact) mass is 222 g/mol. The summed E-state index contributed by atoms with van der Waals surface area (Å²) in [4.78, 5) is 2.47. The normalized spacial score (nSPS) is 19.1. The van der Waals surface area contributed by atoms with Crippen LogP contribution in [0.1, 0.15) is 24.8 Å². The Kier molecular flexibility index (Phi) is 4.02. The molecule has 1 saturated heterocycles. The third kappa shape index (κ3) is 3.35. The average molecular weight is 222 g/mol. The lowest BCUT2D eigenvalue weighted by Gasteiger charge is -2.29. The summed E-state index contributed by atoms with van der Waals surface area (Å²) in [5, 5.41) is 9.40. The molecule has 1 fully saturated rings. The molecule has 0 aromatic carbocycles. The van der Waals surface area contributed by atoms with Crippen molar-refractivity contribution in [1.29, 1.82) is 0 Å². The fraction of sp³-hybridized carbons (Fsp3) is 0.692. The van der Waals surface area contributed by atoms with Crippen LogP contribution in [0.4, 0.5) is 0 Å². The highest BCUT2D eigenvalue weighted by Gasteiger charge is 2.15. The number of aliphatic hydroxyl groups is 1. The first-order chi connectivity index (χ1) is 7.74. The molecule has 2 rings (SSSR count). The van der Waals surface area contributed by atoms with E-state index in [0.717, 1.165) is 25.9 Å². The smallest absolute Gasteiger partial charge is 0.0564 e. The van der Waals surface area contributed by atoms with Crippen molar-refractivity contribution in [3.63, 3.8) is 0 Å². The molecule has 90 valence electrons. The van der Waals surface area contributed by atoms with Gasteiger partial charge in [0.15, 0.2) is 0 Å². The van der Waals surface area contributed by atoms with Crippen LogP contribution in [0.3, 0.4) is 0 Å². The molecule has 0 bridgehead atoms. The molecular weight excluding hydrogens is 200 g/mol. The molecule has 0 amide bonds. The number of nitrogens with zero attached hydrogens (tertiary/aromatic N) is 2. The predicted octanol–water partition coefficient (Wildman–Crippen LogP) is 1.41. The lowest BCUT2D eigenvalue weighted by atomic mass is 10.1. The highest BCUT2D eigenvalue weighted by Crippen LogP contribution is 2.11. The maximum Gasteiger partial charge on any atom is 0.0564 e. The number of likely N-dealkylation sites (tertiary alicyclic amines) is 1. The van der Waals surface area contributed by atoms with Crippen LogP contribution in [0.5, 0.6) is 0 Å². The van der Waals surface area contributed by atoms with E-state index in [1.165, 1.54) is 24.9 Å². The van der Waals surface area contributed by atoms with Crippen LogP contribution < -0.4 is 0 Å². The van der Waals surface area contributed by atoms with Gasteiger partial charge in [0, 0.05) is 32.5 Å². The Hall–Kier alpha value is -0.800. The van der Waals surface area contributed by atoms with E-state index in [1.54, 1.807) is 0 Å². The Labute approximate surface area is 97.7 Å². The molecule has 1 aliphatic heterocycles. The molecular formula is C13H22N2O. The van der Waals surface area contributed by atoms with Crippen LogP contribution >= 0.6 is 0 Å². The standard InChI is InChI=1S/C13H22N2O/c1-14-8-4-12(11-14)3-2-7-15-9-5-13(16)6-10-15/h4,8,11,13,16H,2-3,5-7,9-10H2,1H3. The number of aryl methyl sites for hydroxylation is 2. The van der Waals surface area contributed by atoms with Crippen LogP contribution in [0, 0.1) is 0 Å². The van der Waals surface area contributed by atoms with Crippen molar-refractivity contribution in [3.8, 4) is 0 Å². The Morgan fingerprint density at radius 3 is 2.75 bits per heavy atom. The lowest BCUT2D eigenvalue weighted by Crippen LogP contribution is -2.36. The highest BCUT2D eigenvalue weighted by molar-refractivity contribution is 5.09. The first kappa shape index (κ1) is 11.7. The number of rotatable bonds is 4. The first-order valence-electron chi connectivity index (χ1n) is 6.25. The van der Waals surface area contributed by atoms with Crippen molar-refractivity contribution in [3.05, 3.63) is 24.0 Å². The third-order valence-electron chi connectivity index (χ3n) is 3.39. The number of aliphatic hydroxyl groups excluding tert-OH is 1. The molecule has 0 radical (unpaired) electrons. The Morgan fingerprint density at radius 1 is 1.38 bits per heavy atom. The summed E-state index contributed by atoms with van der Waals surface area (Å²) in [5.74, 6) is 0. The first-order valence-corrected chi connectivity index (χ1v) is 6.25. The second-order valence-electron chi connectivity index (χ2n) is 4.86. The zero-order valence-electron chi connectivity index (χ0n) is 10.1. The Morgan fingerprint density at radius 2 is 2.12 bits per heavy atom. The van der Waals surface area contributed by atoms with Gasteiger partial charge in [-0.3, -0.25) is 0 Å². The quantitative estimate of drug-likeness (QED) is 0.834. The molecule has 0 saturated carbocycles. The summed E-state index contributed by atoms with van der Waals surface area (Å²) in [6.07, 6.45) is 8.54. The number of hydrogen-bond donors (Lipinski definition) is 1. The zero-order valence-corrected chi connectivity index (χ0v) is 10.1. The van der Waals surface area contributed by atoms with Gasteiger partial charge in [-0.05, 0) is 43.9 Å². The predicted molar refractivity (Wildman–Crippen MR) is 65.4 cm³/mol. The summed E-state index contributed by atoms with van der Waals surface area (Å²) in [6, 6.07) is 2.19. The van der Waals surface area contributed by atoms with Gasteiger partial charge in [0.1, 0.15) is 0 Å². The highest BCUT2D eigenvalue weighted by atomic mass is 16.3. The molecule has 3 nitrogen and oxygen atoms in total. The molecule has 16 heavy (non-hydrogen) atoms. The van der Waals surface area contributed by atoms with Gasteiger partial charge in [-0.2, -0.15) is 0 Å². The van der Waals surface area contributed by atoms with Gasteiger partial charge in [-0.15, -0.1) is 0 Å². The Balaban J connectivity index is 1.64. The van der Waals surface area contributed by atoms with Gasteiger partial charge < -0.3 is 14.6 Å². The van der Waals surface area contributed by atoms with Crippen LogP contribution in [-0.2, 0) is 13.5 Å². The summed E-state index contributed by atoms with van der Waals surface area (Å²) in [6.45, 7) is 3.30. The van der Waals surface area contributed by atoms with Crippen LogP contribution in [0.2, 0.25) is 0 Å². The molecule has 0 unspecified atom stereocenters. The van der Waals surface area contributed by atoms with E-state index in [2.05, 4.69) is 35.0 Å². The topological polar surface area (TPSA) is 28.4 Å². The molecule has 0 atom stereocenters. The van der Waals surface area contributed by atoms with E-state index in [-0.39, 0.29) is 6.10 Å². The van der Waals surface area contributed by atoms with Crippen molar-refractivity contribution in [2.24, 2.45) is 7.05 Å². The fourth-order valence-electron chi connectivity index (χ4n) is 2.36. The average Bonchev–Trinajstić information content (AvgIpc) is 2.67. The SMILES string of the molecule is Cn1ccc(CCCN2CCC(O)CC2)c1. The van der Waals surface area contributed by atoms with Gasteiger partial charge in [-0.25, -0.2) is 0 Å². The molecule has 1 N–H and O–H groups in total. The minimum atomic E-state index is -0.0506. The van der Waals surface area contributed by atoms with Crippen molar-refractivity contribution < 1.29 is 5.11 Å². The van der Waals surface area contributed by atoms with E-state index in [0.29, 0.717) is 0 Å². The summed E-state index contributed by atoms with van der Waals surface area (Å²) in [7, 11) is 2.07. The molecule has 0 aliphatic carbocycles. The zero-order chi connectivity index (χ0) is 11.4. The molecule has 1 aliphatic rings. The number of piperidine rings is 1. The van der Waals surface area contributed by atoms with E-state index < -0.39 is 0 Å². The Bertz CT molecular complexity index is 313. The van der Waals surface area contributed by atoms with Gasteiger partial charge >= 0.3 is 0 Å². The second kappa shape index (κ2) is 5.51. The number of hydrogen-bond acceptors (Lipinski definition) is 2. The van der Waals surface area contributed by atoms with Gasteiger partial charge in [-0.1, -0.05) is 0 Å². The molecule has 3 heteroatoms. The number of aromatic nitrogens is 1. The maximum atomic E-state index is 9.40. The van der Waals surface area contributed by atoms with Crippen LogP contribution in [0.25, 0.3) is 0 Å². The van der Waals surface area contributed by atoms with Crippen LogP contribution in [0.15, 0.2) is 18.5 Å². The van der Waals surface area contributed by atoms with E-state index in [4.69, 9.17) is 0 Å². The molecule has 2 heterocycles. The van der Waals surface area contributed by atoms with E-state index in [1.807, 2.05) is 0 Å². The van der Waals surface area contributed by atoms with Gasteiger partial charge in [0.25, 0.3) is 0 Å². The summed E-state index contributed by atoms with van der Waals surface area (Å²) in [5.41, 5.74) is 1.43. The lowest BCUT2D eigenvalue weighted by molar-refractivity contribution is 0.0821. The van der Waals surface area contributed by atoms with E-state index >= 15 is 0 Å². The maximum absolute atomic E-state index is 9.40. The molecule has 0 spiro atoms. The largest absolute Gasteiger partial charge is 0.393 e. The van der Waals surface area contributed by atoms with Crippen LogP contribution in [-0.4, -0.2) is 40.3 Å². The van der Waals surface area contributed by atoms with Crippen molar-refractivity contribution >= 4 is 0 Å². The molecule has 1 aromatic heterocycles. The second-order valence-corrected chi connectivity index (χ2v) is 4.86. The van der Waals surface area contributed by atoms with Crippen molar-refractivity contribution in [2.75, 3.05) is 19.6 Å². The minimum absolute atomic E-state index is 0.0506. The van der Waals surface area contributed by atoms with Crippen molar-refractivity contribution in [1.82, 2.24) is 9.47 Å². The fourth-order valence-corrected chi connectivity index (χ4v) is 2.36. The van der Waals surface area contributed by atoms with E-state index in [9.17, 15) is 5.11 Å². The van der Waals surface area contributed by atoms with Gasteiger partial charge in [0.2, 0.25) is 0 Å². The summed E-state index contributed by atoms with van der Waals surface area (Å²) >= 11 is 0. The summed E-state index contributed by atoms with van der Waals surface area (Å²) < 4.78 is 2.10. The van der Waals surface area contributed by atoms with Gasteiger partial charge in [0.05, 0.1) is 6.10 Å².